The summed E-state index contributed by atoms with van der Waals surface area (Å²) in [5, 5.41) is 4.97. The molecule has 1 aromatic carbocycles. The number of nitrogens with zero attached hydrogens (tertiary/aromatic N) is 3. The molecule has 0 amide bonds. The third-order valence-electron chi connectivity index (χ3n) is 3.49. The van der Waals surface area contributed by atoms with Crippen molar-refractivity contribution in [3.63, 3.8) is 0 Å². The van der Waals surface area contributed by atoms with Gasteiger partial charge in [0.05, 0.1) is 27.3 Å². The molecule has 0 aliphatic rings. The van der Waals surface area contributed by atoms with Crippen LogP contribution in [0.2, 0.25) is 5.02 Å². The number of nitrogens with one attached hydrogen (secondary N) is 1. The number of rotatable bonds is 3. The summed E-state index contributed by atoms with van der Waals surface area (Å²) in [4.78, 5) is 4.81. The lowest BCUT2D eigenvalue weighted by atomic mass is 10.2. The number of anilines is 1. The Hall–Kier alpha value is -1.59. The Morgan fingerprint density at radius 1 is 1.33 bits per heavy atom. The zero-order valence-electron chi connectivity index (χ0n) is 12.4. The molecule has 0 bridgehead atoms. The van der Waals surface area contributed by atoms with Gasteiger partial charge in [0.25, 0.3) is 0 Å². The van der Waals surface area contributed by atoms with E-state index in [-0.39, 0.29) is 6.04 Å². The van der Waals surface area contributed by atoms with Crippen LogP contribution in [0.25, 0.3) is 22.4 Å². The number of fused-ring (bicyclic) bond motifs is 1. The quantitative estimate of drug-likeness (QED) is 0.757. The van der Waals surface area contributed by atoms with Crippen molar-refractivity contribution >= 4 is 39.2 Å². The van der Waals surface area contributed by atoms with Gasteiger partial charge in [-0.05, 0) is 44.4 Å². The minimum Gasteiger partial charge on any atom is -0.378 e. The molecule has 0 aliphatic carbocycles. The Morgan fingerprint density at radius 2 is 2.10 bits per heavy atom. The smallest absolute Gasteiger partial charge is 0.146 e. The first kappa shape index (κ1) is 14.4. The maximum Gasteiger partial charge on any atom is 0.146 e. The highest BCUT2D eigenvalue weighted by atomic mass is 35.5. The maximum absolute atomic E-state index is 6.40. The Morgan fingerprint density at radius 3 is 2.76 bits per heavy atom. The van der Waals surface area contributed by atoms with E-state index in [0.29, 0.717) is 0 Å². The van der Waals surface area contributed by atoms with E-state index in [9.17, 15) is 0 Å². The van der Waals surface area contributed by atoms with Crippen molar-refractivity contribution in [3.05, 3.63) is 28.9 Å². The lowest BCUT2D eigenvalue weighted by Gasteiger charge is -2.14. The average Bonchev–Trinajstić information content (AvgIpc) is 2.99. The molecular formula is C15H17ClN4S. The minimum atomic E-state index is 0.258. The standard InChI is InChI=1S/C15H17ClN4S/c1-8(2)20-13-10(16)6-5-7-11(13)18-14(20)12-9(3)19-21-15(12)17-4/h5-8,17H,1-4H3. The molecule has 1 N–H and O–H groups in total. The minimum absolute atomic E-state index is 0.258. The third-order valence-corrected chi connectivity index (χ3v) is 4.75. The van der Waals surface area contributed by atoms with Crippen molar-refractivity contribution in [1.82, 2.24) is 13.9 Å². The van der Waals surface area contributed by atoms with Crippen LogP contribution in [0, 0.1) is 6.92 Å². The van der Waals surface area contributed by atoms with Gasteiger partial charge in [-0.25, -0.2) is 4.98 Å². The molecule has 3 rings (SSSR count). The van der Waals surface area contributed by atoms with Gasteiger partial charge in [0.1, 0.15) is 10.8 Å². The first-order chi connectivity index (χ1) is 10.0. The van der Waals surface area contributed by atoms with Crippen LogP contribution in [-0.2, 0) is 0 Å². The van der Waals surface area contributed by atoms with Crippen molar-refractivity contribution in [2.75, 3.05) is 12.4 Å². The molecule has 0 spiro atoms. The van der Waals surface area contributed by atoms with Crippen molar-refractivity contribution in [1.29, 1.82) is 0 Å². The summed E-state index contributed by atoms with van der Waals surface area (Å²) in [6.07, 6.45) is 0. The molecule has 3 aromatic rings. The molecule has 0 fully saturated rings. The fourth-order valence-corrected chi connectivity index (χ4v) is 3.59. The summed E-state index contributed by atoms with van der Waals surface area (Å²) < 4.78 is 6.64. The fraction of sp³-hybridized carbons (Fsp3) is 0.333. The number of halogens is 1. The predicted molar refractivity (Wildman–Crippen MR) is 90.5 cm³/mol. The molecule has 0 saturated heterocycles. The second-order valence-corrected chi connectivity index (χ2v) is 6.41. The first-order valence-electron chi connectivity index (χ1n) is 6.85. The Balaban J connectivity index is 2.40. The van der Waals surface area contributed by atoms with E-state index in [1.165, 1.54) is 11.5 Å². The van der Waals surface area contributed by atoms with Crippen LogP contribution in [0.15, 0.2) is 18.2 Å². The summed E-state index contributed by atoms with van der Waals surface area (Å²) in [6, 6.07) is 6.10. The van der Waals surface area contributed by atoms with Crippen molar-refractivity contribution in [2.24, 2.45) is 0 Å². The Bertz CT molecular complexity index is 803. The fourth-order valence-electron chi connectivity index (χ4n) is 2.59. The monoisotopic (exact) mass is 320 g/mol. The maximum atomic E-state index is 6.40. The molecule has 2 aromatic heterocycles. The summed E-state index contributed by atoms with van der Waals surface area (Å²) in [6.45, 7) is 6.29. The van der Waals surface area contributed by atoms with E-state index in [1.807, 2.05) is 32.2 Å². The Kier molecular flexibility index (Phi) is 3.63. The predicted octanol–water partition coefficient (Wildman–Crippen LogP) is 4.74. The highest BCUT2D eigenvalue weighted by Gasteiger charge is 2.22. The molecule has 0 radical (unpaired) electrons. The van der Waals surface area contributed by atoms with E-state index in [4.69, 9.17) is 16.6 Å². The lowest BCUT2D eigenvalue weighted by Crippen LogP contribution is -2.04. The van der Waals surface area contributed by atoms with E-state index in [1.54, 1.807) is 0 Å². The van der Waals surface area contributed by atoms with Crippen LogP contribution in [0.1, 0.15) is 25.6 Å². The summed E-state index contributed by atoms with van der Waals surface area (Å²) in [5.41, 5.74) is 3.94. The van der Waals surface area contributed by atoms with Crippen molar-refractivity contribution < 1.29 is 0 Å². The molecule has 0 aliphatic heterocycles. The van der Waals surface area contributed by atoms with Crippen LogP contribution in [0.4, 0.5) is 5.00 Å². The van der Waals surface area contributed by atoms with Gasteiger partial charge in [-0.15, -0.1) is 0 Å². The van der Waals surface area contributed by atoms with Crippen LogP contribution in [0.3, 0.4) is 0 Å². The SMILES string of the molecule is CNc1snc(C)c1-c1nc2cccc(Cl)c2n1C(C)C. The van der Waals surface area contributed by atoms with Gasteiger partial charge in [0.15, 0.2) is 0 Å². The molecular weight excluding hydrogens is 304 g/mol. The third kappa shape index (κ3) is 2.21. The average molecular weight is 321 g/mol. The second kappa shape index (κ2) is 5.31. The van der Waals surface area contributed by atoms with Crippen LogP contribution < -0.4 is 5.32 Å². The normalized spacial score (nSPS) is 11.5. The second-order valence-electron chi connectivity index (χ2n) is 5.23. The molecule has 6 heteroatoms. The highest BCUT2D eigenvalue weighted by Crippen LogP contribution is 2.38. The molecule has 4 nitrogen and oxygen atoms in total. The largest absolute Gasteiger partial charge is 0.378 e. The van der Waals surface area contributed by atoms with Gasteiger partial charge in [0.2, 0.25) is 0 Å². The molecule has 21 heavy (non-hydrogen) atoms. The lowest BCUT2D eigenvalue weighted by molar-refractivity contribution is 0.624. The summed E-state index contributed by atoms with van der Waals surface area (Å²) in [5.74, 6) is 0.920. The topological polar surface area (TPSA) is 42.7 Å². The van der Waals surface area contributed by atoms with Gasteiger partial charge in [-0.1, -0.05) is 17.7 Å². The van der Waals surface area contributed by atoms with Gasteiger partial charge >= 0.3 is 0 Å². The van der Waals surface area contributed by atoms with Crippen LogP contribution in [0.5, 0.6) is 0 Å². The number of aryl methyl sites for hydroxylation is 1. The van der Waals surface area contributed by atoms with E-state index in [2.05, 4.69) is 28.1 Å². The van der Waals surface area contributed by atoms with Gasteiger partial charge in [-0.3, -0.25) is 0 Å². The number of para-hydroxylation sites is 1. The first-order valence-corrected chi connectivity index (χ1v) is 8.00. The zero-order valence-corrected chi connectivity index (χ0v) is 14.0. The van der Waals surface area contributed by atoms with Gasteiger partial charge in [0, 0.05) is 13.1 Å². The van der Waals surface area contributed by atoms with E-state index >= 15 is 0 Å². The summed E-state index contributed by atoms with van der Waals surface area (Å²) in [7, 11) is 1.91. The number of hydrogen-bond donors (Lipinski definition) is 1. The molecule has 2 heterocycles. The van der Waals surface area contributed by atoms with Crippen LogP contribution in [-0.4, -0.2) is 21.0 Å². The molecule has 0 saturated carbocycles. The number of hydrogen-bond acceptors (Lipinski definition) is 4. The number of aromatic nitrogens is 3. The summed E-state index contributed by atoms with van der Waals surface area (Å²) >= 11 is 7.86. The van der Waals surface area contributed by atoms with Crippen LogP contribution >= 0.6 is 23.1 Å². The Labute approximate surface area is 132 Å². The number of benzene rings is 1. The van der Waals surface area contributed by atoms with Gasteiger partial charge < -0.3 is 9.88 Å². The molecule has 0 unspecified atom stereocenters. The number of imidazole rings is 1. The zero-order chi connectivity index (χ0) is 15.1. The highest BCUT2D eigenvalue weighted by molar-refractivity contribution is 7.10. The van der Waals surface area contributed by atoms with E-state index < -0.39 is 0 Å². The van der Waals surface area contributed by atoms with Gasteiger partial charge in [-0.2, -0.15) is 4.37 Å². The molecule has 0 atom stereocenters. The van der Waals surface area contributed by atoms with Crippen molar-refractivity contribution in [3.8, 4) is 11.4 Å². The van der Waals surface area contributed by atoms with Crippen molar-refractivity contribution in [2.45, 2.75) is 26.8 Å². The van der Waals surface area contributed by atoms with E-state index in [0.717, 1.165) is 38.1 Å². The molecule has 110 valence electrons.